The Hall–Kier alpha value is -2.89. The Morgan fingerprint density at radius 3 is 2.57 bits per heavy atom. The molecule has 0 saturated carbocycles. The lowest BCUT2D eigenvalue weighted by atomic mass is 10.1. The highest BCUT2D eigenvalue weighted by Gasteiger charge is 2.15. The van der Waals surface area contributed by atoms with Crippen molar-refractivity contribution in [1.82, 2.24) is 4.98 Å². The zero-order chi connectivity index (χ0) is 17.0. The normalized spacial score (nSPS) is 10.1. The fourth-order valence-electron chi connectivity index (χ4n) is 2.17. The molecule has 0 spiro atoms. The molecule has 23 heavy (non-hydrogen) atoms. The molecular weight excluding hydrogens is 294 g/mol. The summed E-state index contributed by atoms with van der Waals surface area (Å²) in [5.74, 6) is -0.0716. The van der Waals surface area contributed by atoms with Gasteiger partial charge in [0.05, 0.1) is 18.2 Å². The first-order valence-electron chi connectivity index (χ1n) is 7.06. The maximum Gasteiger partial charge on any atom is 0.337 e. The van der Waals surface area contributed by atoms with E-state index in [1.807, 2.05) is 21.0 Å². The predicted octanol–water partition coefficient (Wildman–Crippen LogP) is 2.49. The summed E-state index contributed by atoms with van der Waals surface area (Å²) < 4.78 is 4.68. The van der Waals surface area contributed by atoms with Crippen LogP contribution in [0.15, 0.2) is 36.5 Å². The summed E-state index contributed by atoms with van der Waals surface area (Å²) in [6, 6.07) is 8.41. The van der Waals surface area contributed by atoms with Gasteiger partial charge >= 0.3 is 5.97 Å². The third-order valence-corrected chi connectivity index (χ3v) is 3.35. The maximum absolute atomic E-state index is 12.5. The highest BCUT2D eigenvalue weighted by molar-refractivity contribution is 6.08. The second-order valence-electron chi connectivity index (χ2n) is 5.24. The number of hydrogen-bond donors (Lipinski definition) is 1. The van der Waals surface area contributed by atoms with E-state index in [4.69, 9.17) is 0 Å². The number of nitrogens with one attached hydrogen (secondary N) is 1. The van der Waals surface area contributed by atoms with E-state index >= 15 is 0 Å². The van der Waals surface area contributed by atoms with Crippen molar-refractivity contribution in [2.24, 2.45) is 0 Å². The van der Waals surface area contributed by atoms with Crippen molar-refractivity contribution >= 4 is 23.4 Å². The molecule has 2 rings (SSSR count). The Balaban J connectivity index is 2.26. The minimum absolute atomic E-state index is 0.254. The van der Waals surface area contributed by atoms with Gasteiger partial charge in [0.15, 0.2) is 0 Å². The second kappa shape index (κ2) is 6.91. The molecule has 0 saturated heterocycles. The van der Waals surface area contributed by atoms with Gasteiger partial charge in [0.1, 0.15) is 5.82 Å². The summed E-state index contributed by atoms with van der Waals surface area (Å²) >= 11 is 0. The van der Waals surface area contributed by atoms with Crippen LogP contribution in [0.2, 0.25) is 0 Å². The van der Waals surface area contributed by atoms with Gasteiger partial charge in [-0.1, -0.05) is 0 Å². The van der Waals surface area contributed by atoms with Gasteiger partial charge in [-0.2, -0.15) is 0 Å². The van der Waals surface area contributed by atoms with Crippen LogP contribution in [0.4, 0.5) is 11.5 Å². The average Bonchev–Trinajstić information content (AvgIpc) is 2.55. The van der Waals surface area contributed by atoms with Crippen LogP contribution in [0.5, 0.6) is 0 Å². The quantitative estimate of drug-likeness (QED) is 0.878. The topological polar surface area (TPSA) is 71.5 Å². The Morgan fingerprint density at radius 2 is 1.96 bits per heavy atom. The summed E-state index contributed by atoms with van der Waals surface area (Å²) in [4.78, 5) is 30.0. The first-order chi connectivity index (χ1) is 10.9. The first kappa shape index (κ1) is 16.5. The number of hydrogen-bond acceptors (Lipinski definition) is 5. The number of ether oxygens (including phenoxy) is 1. The van der Waals surface area contributed by atoms with E-state index in [2.05, 4.69) is 15.0 Å². The van der Waals surface area contributed by atoms with Gasteiger partial charge in [0.2, 0.25) is 0 Å². The predicted molar refractivity (Wildman–Crippen MR) is 89.0 cm³/mol. The number of esters is 1. The van der Waals surface area contributed by atoms with Crippen molar-refractivity contribution in [2.45, 2.75) is 6.92 Å². The lowest BCUT2D eigenvalue weighted by Gasteiger charge is -2.16. The number of aromatic nitrogens is 1. The fourth-order valence-corrected chi connectivity index (χ4v) is 2.17. The van der Waals surface area contributed by atoms with Crippen molar-refractivity contribution in [3.8, 4) is 0 Å². The fraction of sp³-hybridized carbons (Fsp3) is 0.235. The zero-order valence-corrected chi connectivity index (χ0v) is 13.6. The number of anilines is 2. The summed E-state index contributed by atoms with van der Waals surface area (Å²) in [6.45, 7) is 1.82. The maximum atomic E-state index is 12.5. The number of methoxy groups -OCH3 is 1. The third-order valence-electron chi connectivity index (χ3n) is 3.35. The van der Waals surface area contributed by atoms with Gasteiger partial charge in [-0.25, -0.2) is 9.78 Å². The number of rotatable bonds is 4. The van der Waals surface area contributed by atoms with Crippen LogP contribution in [0, 0.1) is 6.92 Å². The van der Waals surface area contributed by atoms with Crippen LogP contribution in [0.1, 0.15) is 26.3 Å². The molecule has 0 bridgehead atoms. The highest BCUT2D eigenvalue weighted by Crippen LogP contribution is 2.20. The van der Waals surface area contributed by atoms with Gasteiger partial charge < -0.3 is 15.0 Å². The summed E-state index contributed by atoms with van der Waals surface area (Å²) in [6.07, 6.45) is 1.64. The van der Waals surface area contributed by atoms with Gasteiger partial charge in [0.25, 0.3) is 5.91 Å². The molecule has 2 aromatic rings. The number of nitrogens with zero attached hydrogens (tertiary/aromatic N) is 2. The monoisotopic (exact) mass is 313 g/mol. The van der Waals surface area contributed by atoms with Gasteiger partial charge in [-0.3, -0.25) is 4.79 Å². The smallest absolute Gasteiger partial charge is 0.337 e. The van der Waals surface area contributed by atoms with Crippen LogP contribution in [-0.4, -0.2) is 38.1 Å². The summed E-state index contributed by atoms with van der Waals surface area (Å²) in [7, 11) is 4.99. The molecular formula is C17H19N3O3. The standard InChI is InChI=1S/C17H19N3O3/c1-11-10-12(17(22)23-4)7-8-14(11)19-16(21)13-6-5-9-18-15(13)20(2)3/h5-10H,1-4H3,(H,19,21). The van der Waals surface area contributed by atoms with Gasteiger partial charge in [-0.05, 0) is 42.8 Å². The summed E-state index contributed by atoms with van der Waals surface area (Å²) in [5, 5.41) is 2.85. The van der Waals surface area contributed by atoms with Crippen LogP contribution >= 0.6 is 0 Å². The van der Waals surface area contributed by atoms with E-state index in [9.17, 15) is 9.59 Å². The molecule has 0 aliphatic heterocycles. The number of pyridine rings is 1. The minimum atomic E-state index is -0.409. The SMILES string of the molecule is COC(=O)c1ccc(NC(=O)c2cccnc2N(C)C)c(C)c1. The van der Waals surface area contributed by atoms with E-state index in [-0.39, 0.29) is 5.91 Å². The molecule has 0 atom stereocenters. The molecule has 6 nitrogen and oxygen atoms in total. The molecule has 1 amide bonds. The molecule has 1 N–H and O–H groups in total. The van der Waals surface area contributed by atoms with Gasteiger partial charge in [-0.15, -0.1) is 0 Å². The van der Waals surface area contributed by atoms with E-state index < -0.39 is 5.97 Å². The molecule has 0 aliphatic carbocycles. The van der Waals surface area contributed by atoms with Crippen molar-refractivity contribution < 1.29 is 14.3 Å². The zero-order valence-electron chi connectivity index (χ0n) is 13.6. The third kappa shape index (κ3) is 3.66. The number of amides is 1. The van der Waals surface area contributed by atoms with Crippen LogP contribution in [0.3, 0.4) is 0 Å². The van der Waals surface area contributed by atoms with E-state index in [1.165, 1.54) is 7.11 Å². The molecule has 0 unspecified atom stereocenters. The molecule has 6 heteroatoms. The Bertz CT molecular complexity index is 742. The van der Waals surface area contributed by atoms with Crippen LogP contribution in [0.25, 0.3) is 0 Å². The molecule has 0 fully saturated rings. The highest BCUT2D eigenvalue weighted by atomic mass is 16.5. The molecule has 0 aliphatic rings. The van der Waals surface area contributed by atoms with Crippen LogP contribution in [-0.2, 0) is 4.74 Å². The Morgan fingerprint density at radius 1 is 1.22 bits per heavy atom. The molecule has 1 aromatic heterocycles. The number of benzene rings is 1. The van der Waals surface area contributed by atoms with E-state index in [1.54, 1.807) is 41.4 Å². The number of carbonyl (C=O) groups excluding carboxylic acids is 2. The minimum Gasteiger partial charge on any atom is -0.465 e. The van der Waals surface area contributed by atoms with E-state index in [0.29, 0.717) is 22.6 Å². The Kier molecular flexibility index (Phi) is 4.95. The molecule has 0 radical (unpaired) electrons. The average molecular weight is 313 g/mol. The lowest BCUT2D eigenvalue weighted by molar-refractivity contribution is 0.0600. The Labute approximate surface area is 135 Å². The molecule has 120 valence electrons. The van der Waals surface area contributed by atoms with Crippen molar-refractivity contribution in [1.29, 1.82) is 0 Å². The molecule has 1 aromatic carbocycles. The second-order valence-corrected chi connectivity index (χ2v) is 5.24. The van der Waals surface area contributed by atoms with Crippen molar-refractivity contribution in [3.05, 3.63) is 53.2 Å². The largest absolute Gasteiger partial charge is 0.465 e. The first-order valence-corrected chi connectivity index (χ1v) is 7.06. The van der Waals surface area contributed by atoms with Crippen LogP contribution < -0.4 is 10.2 Å². The lowest BCUT2D eigenvalue weighted by Crippen LogP contribution is -2.20. The summed E-state index contributed by atoms with van der Waals surface area (Å²) in [5.41, 5.74) is 2.33. The van der Waals surface area contributed by atoms with Gasteiger partial charge in [0, 0.05) is 26.0 Å². The van der Waals surface area contributed by atoms with Crippen molar-refractivity contribution in [3.63, 3.8) is 0 Å². The van der Waals surface area contributed by atoms with E-state index in [0.717, 1.165) is 5.56 Å². The van der Waals surface area contributed by atoms with Crippen molar-refractivity contribution in [2.75, 3.05) is 31.4 Å². The molecule has 1 heterocycles. The number of aryl methyl sites for hydroxylation is 1. The number of carbonyl (C=O) groups is 2.